The average molecular weight is 379 g/mol. The maximum absolute atomic E-state index is 12.2. The molecule has 3 atom stereocenters. The second kappa shape index (κ2) is 8.39. The SMILES string of the molecule is O=C(CCn1cccn1)N[C@@H]1CC(Cn2ccnc2-c2ccccc2)C[C@H]1O. The molecule has 1 aliphatic carbocycles. The minimum Gasteiger partial charge on any atom is -0.391 e. The molecule has 1 unspecified atom stereocenters. The fraction of sp³-hybridized carbons (Fsp3) is 0.381. The molecule has 0 radical (unpaired) electrons. The van der Waals surface area contributed by atoms with Gasteiger partial charge in [0.15, 0.2) is 0 Å². The van der Waals surface area contributed by atoms with Crippen LogP contribution in [0.1, 0.15) is 19.3 Å². The summed E-state index contributed by atoms with van der Waals surface area (Å²) in [7, 11) is 0. The van der Waals surface area contributed by atoms with Gasteiger partial charge in [-0.25, -0.2) is 4.98 Å². The van der Waals surface area contributed by atoms with Gasteiger partial charge in [-0.15, -0.1) is 0 Å². The number of hydrogen-bond acceptors (Lipinski definition) is 4. The van der Waals surface area contributed by atoms with E-state index in [0.717, 1.165) is 24.4 Å². The second-order valence-corrected chi connectivity index (χ2v) is 7.37. The molecule has 2 aromatic heterocycles. The minimum atomic E-state index is -0.512. The van der Waals surface area contributed by atoms with Crippen molar-refractivity contribution in [1.82, 2.24) is 24.6 Å². The van der Waals surface area contributed by atoms with E-state index in [0.29, 0.717) is 25.3 Å². The fourth-order valence-corrected chi connectivity index (χ4v) is 3.93. The zero-order valence-electron chi connectivity index (χ0n) is 15.7. The topological polar surface area (TPSA) is 85.0 Å². The predicted molar refractivity (Wildman–Crippen MR) is 105 cm³/mol. The Bertz CT molecular complexity index is 891. The third-order valence-electron chi connectivity index (χ3n) is 5.30. The maximum atomic E-state index is 12.2. The number of aliphatic hydroxyl groups is 1. The number of amides is 1. The first-order valence-corrected chi connectivity index (χ1v) is 9.70. The van der Waals surface area contributed by atoms with Crippen molar-refractivity contribution in [2.24, 2.45) is 5.92 Å². The van der Waals surface area contributed by atoms with Gasteiger partial charge in [0.1, 0.15) is 5.82 Å². The highest BCUT2D eigenvalue weighted by Crippen LogP contribution is 2.29. The minimum absolute atomic E-state index is 0.0483. The van der Waals surface area contributed by atoms with Crippen LogP contribution in [0.3, 0.4) is 0 Å². The molecular weight excluding hydrogens is 354 g/mol. The second-order valence-electron chi connectivity index (χ2n) is 7.37. The molecule has 1 saturated carbocycles. The lowest BCUT2D eigenvalue weighted by Gasteiger charge is -2.16. The zero-order chi connectivity index (χ0) is 19.3. The molecule has 0 saturated heterocycles. The van der Waals surface area contributed by atoms with Crippen molar-refractivity contribution in [3.8, 4) is 11.4 Å². The molecule has 7 nitrogen and oxygen atoms in total. The molecule has 2 heterocycles. The van der Waals surface area contributed by atoms with Crippen LogP contribution in [0.4, 0.5) is 0 Å². The van der Waals surface area contributed by atoms with Crippen molar-refractivity contribution in [2.45, 2.75) is 44.5 Å². The van der Waals surface area contributed by atoms with Crippen LogP contribution < -0.4 is 5.32 Å². The Morgan fingerprint density at radius 3 is 2.79 bits per heavy atom. The highest BCUT2D eigenvalue weighted by atomic mass is 16.3. The monoisotopic (exact) mass is 379 g/mol. The van der Waals surface area contributed by atoms with Gasteiger partial charge in [-0.1, -0.05) is 30.3 Å². The molecule has 0 bridgehead atoms. The number of aryl methyl sites for hydroxylation is 1. The Morgan fingerprint density at radius 2 is 2.00 bits per heavy atom. The van der Waals surface area contributed by atoms with E-state index >= 15 is 0 Å². The predicted octanol–water partition coefficient (Wildman–Crippen LogP) is 2.09. The van der Waals surface area contributed by atoms with Crippen LogP contribution in [0.2, 0.25) is 0 Å². The van der Waals surface area contributed by atoms with Crippen LogP contribution in [0.5, 0.6) is 0 Å². The van der Waals surface area contributed by atoms with Crippen LogP contribution in [-0.2, 0) is 17.9 Å². The van der Waals surface area contributed by atoms with Crippen LogP contribution >= 0.6 is 0 Å². The van der Waals surface area contributed by atoms with Crippen molar-refractivity contribution in [2.75, 3.05) is 0 Å². The van der Waals surface area contributed by atoms with Crippen LogP contribution in [0.25, 0.3) is 11.4 Å². The summed E-state index contributed by atoms with van der Waals surface area (Å²) in [4.78, 5) is 16.7. The van der Waals surface area contributed by atoms with E-state index in [1.54, 1.807) is 10.9 Å². The first-order valence-electron chi connectivity index (χ1n) is 9.70. The van der Waals surface area contributed by atoms with Crippen molar-refractivity contribution in [1.29, 1.82) is 0 Å². The summed E-state index contributed by atoms with van der Waals surface area (Å²) in [6.45, 7) is 1.32. The zero-order valence-corrected chi connectivity index (χ0v) is 15.7. The van der Waals surface area contributed by atoms with Gasteiger partial charge in [0.2, 0.25) is 5.91 Å². The van der Waals surface area contributed by atoms with E-state index in [9.17, 15) is 9.90 Å². The van der Waals surface area contributed by atoms with Gasteiger partial charge in [-0.3, -0.25) is 9.48 Å². The van der Waals surface area contributed by atoms with E-state index in [1.165, 1.54) is 0 Å². The first kappa shape index (κ1) is 18.4. The standard InChI is InChI=1S/C21H25N5O2/c27-19-14-16(13-18(19)24-20(28)7-11-26-10-4-8-23-26)15-25-12-9-22-21(25)17-5-2-1-3-6-17/h1-6,8-10,12,16,18-19,27H,7,11,13-15H2,(H,24,28)/t16?,18-,19-/m1/s1. The summed E-state index contributed by atoms with van der Waals surface area (Å²) in [5, 5.41) is 17.5. The number of nitrogens with zero attached hydrogens (tertiary/aromatic N) is 4. The number of benzene rings is 1. The van der Waals surface area contributed by atoms with Gasteiger partial charge in [0.05, 0.1) is 12.1 Å². The average Bonchev–Trinajstić information content (AvgIpc) is 3.44. The molecule has 146 valence electrons. The quantitative estimate of drug-likeness (QED) is 0.658. The summed E-state index contributed by atoms with van der Waals surface area (Å²) in [6.07, 6.45) is 8.61. The number of carbonyl (C=O) groups excluding carboxylic acids is 1. The Kier molecular flexibility index (Phi) is 5.53. The normalized spacial score (nSPS) is 21.7. The van der Waals surface area contributed by atoms with Gasteiger partial charge in [-0.05, 0) is 24.8 Å². The van der Waals surface area contributed by atoms with E-state index in [1.807, 2.05) is 55.0 Å². The number of carbonyl (C=O) groups is 1. The molecular formula is C21H25N5O2. The highest BCUT2D eigenvalue weighted by molar-refractivity contribution is 5.76. The smallest absolute Gasteiger partial charge is 0.222 e. The van der Waals surface area contributed by atoms with Gasteiger partial charge in [-0.2, -0.15) is 5.10 Å². The lowest BCUT2D eigenvalue weighted by molar-refractivity contribution is -0.122. The number of imidazole rings is 1. The molecule has 3 aromatic rings. The van der Waals surface area contributed by atoms with E-state index in [2.05, 4.69) is 20.0 Å². The van der Waals surface area contributed by atoms with Crippen molar-refractivity contribution in [3.63, 3.8) is 0 Å². The van der Waals surface area contributed by atoms with E-state index in [4.69, 9.17) is 0 Å². The highest BCUT2D eigenvalue weighted by Gasteiger charge is 2.34. The Morgan fingerprint density at radius 1 is 1.14 bits per heavy atom. The number of aromatic nitrogens is 4. The summed E-state index contributed by atoms with van der Waals surface area (Å²) in [5.74, 6) is 1.18. The van der Waals surface area contributed by atoms with Crippen LogP contribution in [-0.4, -0.2) is 42.5 Å². The number of nitrogens with one attached hydrogen (secondary N) is 1. The molecule has 1 amide bonds. The molecule has 1 aliphatic rings. The van der Waals surface area contributed by atoms with Gasteiger partial charge in [0, 0.05) is 49.9 Å². The number of rotatable bonds is 7. The third kappa shape index (κ3) is 4.31. The number of hydrogen-bond donors (Lipinski definition) is 2. The molecule has 4 rings (SSSR count). The van der Waals surface area contributed by atoms with Crippen LogP contribution in [0, 0.1) is 5.92 Å². The summed E-state index contributed by atoms with van der Waals surface area (Å²) >= 11 is 0. The molecule has 2 N–H and O–H groups in total. The Balaban J connectivity index is 1.32. The summed E-state index contributed by atoms with van der Waals surface area (Å²) in [5.41, 5.74) is 1.08. The Labute approximate surface area is 164 Å². The lowest BCUT2D eigenvalue weighted by Crippen LogP contribution is -2.40. The largest absolute Gasteiger partial charge is 0.391 e. The third-order valence-corrected chi connectivity index (χ3v) is 5.30. The Hall–Kier alpha value is -2.93. The van der Waals surface area contributed by atoms with Gasteiger partial charge in [0.25, 0.3) is 0 Å². The molecule has 7 heteroatoms. The summed E-state index contributed by atoms with van der Waals surface area (Å²) in [6, 6.07) is 11.7. The lowest BCUT2D eigenvalue weighted by atomic mass is 10.1. The molecule has 1 aromatic carbocycles. The van der Waals surface area contributed by atoms with Gasteiger partial charge < -0.3 is 15.0 Å². The van der Waals surface area contributed by atoms with Gasteiger partial charge >= 0.3 is 0 Å². The fourth-order valence-electron chi connectivity index (χ4n) is 3.93. The maximum Gasteiger partial charge on any atom is 0.222 e. The molecule has 1 fully saturated rings. The van der Waals surface area contributed by atoms with E-state index < -0.39 is 6.10 Å². The van der Waals surface area contributed by atoms with E-state index in [-0.39, 0.29) is 11.9 Å². The molecule has 28 heavy (non-hydrogen) atoms. The van der Waals surface area contributed by atoms with Crippen LogP contribution in [0.15, 0.2) is 61.2 Å². The number of aliphatic hydroxyl groups excluding tert-OH is 1. The van der Waals surface area contributed by atoms with Crippen molar-refractivity contribution in [3.05, 3.63) is 61.2 Å². The van der Waals surface area contributed by atoms with Crippen molar-refractivity contribution < 1.29 is 9.90 Å². The first-order chi connectivity index (χ1) is 13.7. The molecule has 0 aliphatic heterocycles. The van der Waals surface area contributed by atoms with Crippen molar-refractivity contribution >= 4 is 5.91 Å². The molecule has 0 spiro atoms. The summed E-state index contributed by atoms with van der Waals surface area (Å²) < 4.78 is 3.87.